The molecular weight excluding hydrogens is 334 g/mol. The maximum atomic E-state index is 11.7. The van der Waals surface area contributed by atoms with Crippen molar-refractivity contribution in [2.24, 2.45) is 0 Å². The zero-order chi connectivity index (χ0) is 17.6. The van der Waals surface area contributed by atoms with Crippen LogP contribution in [-0.2, 0) is 19.4 Å². The van der Waals surface area contributed by atoms with Crippen molar-refractivity contribution in [3.63, 3.8) is 0 Å². The Kier molecular flexibility index (Phi) is 5.42. The fourth-order valence-electron chi connectivity index (χ4n) is 1.60. The molecule has 1 aromatic heterocycles. The molecule has 2 amide bonds. The molecule has 10 heteroatoms. The zero-order valence-electron chi connectivity index (χ0n) is 12.7. The van der Waals surface area contributed by atoms with Crippen molar-refractivity contribution in [3.8, 4) is 0 Å². The van der Waals surface area contributed by atoms with E-state index in [9.17, 15) is 18.0 Å². The van der Waals surface area contributed by atoms with Crippen LogP contribution in [0.15, 0.2) is 41.6 Å². The molecular formula is C14H15N5O4S. The summed E-state index contributed by atoms with van der Waals surface area (Å²) in [5.41, 5.74) is 0.853. The van der Waals surface area contributed by atoms with E-state index in [4.69, 9.17) is 0 Å². The minimum atomic E-state index is -3.54. The second-order valence-electron chi connectivity index (χ2n) is 4.75. The van der Waals surface area contributed by atoms with Gasteiger partial charge < -0.3 is 5.32 Å². The number of nitrogens with zero attached hydrogens (tertiary/aromatic N) is 2. The van der Waals surface area contributed by atoms with Gasteiger partial charge in [0.1, 0.15) is 0 Å². The van der Waals surface area contributed by atoms with Crippen LogP contribution >= 0.6 is 0 Å². The second kappa shape index (κ2) is 7.51. The fourth-order valence-corrected chi connectivity index (χ4v) is 2.06. The molecule has 1 aromatic carbocycles. The summed E-state index contributed by atoms with van der Waals surface area (Å²) in [5.74, 6) is -1.22. The Bertz CT molecular complexity index is 858. The molecule has 0 fully saturated rings. The molecule has 0 aliphatic rings. The van der Waals surface area contributed by atoms with Gasteiger partial charge in [-0.25, -0.2) is 13.5 Å². The standard InChI is InChI=1S/C14H15N5O4S/c1-24(22,23)14-17-13(18-19-14)16-12(21)9-15-11(20)8-7-10-5-3-2-4-6-10/h2-8H,9H2,1H3,(H,15,20)(H2,16,17,18,19,21)/b8-7-. The number of aromatic nitrogens is 3. The summed E-state index contributed by atoms with van der Waals surface area (Å²) in [6.07, 6.45) is 3.87. The number of amides is 2. The smallest absolute Gasteiger partial charge is 0.249 e. The van der Waals surface area contributed by atoms with Crippen molar-refractivity contribution >= 4 is 33.7 Å². The summed E-state index contributed by atoms with van der Waals surface area (Å²) in [6.45, 7) is -0.305. The second-order valence-corrected chi connectivity index (χ2v) is 6.68. The number of H-pyrrole nitrogens is 1. The highest BCUT2D eigenvalue weighted by Gasteiger charge is 2.14. The summed E-state index contributed by atoms with van der Waals surface area (Å²) in [5, 5.41) is 10.0. The van der Waals surface area contributed by atoms with Crippen LogP contribution in [0, 0.1) is 0 Å². The first-order valence-corrected chi connectivity index (χ1v) is 8.67. The van der Waals surface area contributed by atoms with Gasteiger partial charge in [0.15, 0.2) is 0 Å². The number of anilines is 1. The summed E-state index contributed by atoms with van der Waals surface area (Å²) >= 11 is 0. The van der Waals surface area contributed by atoms with E-state index in [0.29, 0.717) is 0 Å². The van der Waals surface area contributed by atoms with Crippen molar-refractivity contribution < 1.29 is 18.0 Å². The first-order valence-electron chi connectivity index (χ1n) is 6.78. The Morgan fingerprint density at radius 2 is 1.96 bits per heavy atom. The number of benzene rings is 1. The third kappa shape index (κ3) is 5.32. The number of hydrogen-bond donors (Lipinski definition) is 3. The van der Waals surface area contributed by atoms with E-state index in [0.717, 1.165) is 11.8 Å². The predicted molar refractivity (Wildman–Crippen MR) is 86.6 cm³/mol. The molecule has 24 heavy (non-hydrogen) atoms. The van der Waals surface area contributed by atoms with Gasteiger partial charge in [0.25, 0.3) is 0 Å². The Hall–Kier alpha value is -3.01. The maximum Gasteiger partial charge on any atom is 0.249 e. The van der Waals surface area contributed by atoms with Crippen LogP contribution in [0.3, 0.4) is 0 Å². The zero-order valence-corrected chi connectivity index (χ0v) is 13.5. The molecule has 0 saturated heterocycles. The van der Waals surface area contributed by atoms with Crippen LogP contribution in [-0.4, -0.2) is 48.2 Å². The Morgan fingerprint density at radius 3 is 2.58 bits per heavy atom. The van der Waals surface area contributed by atoms with Crippen LogP contribution in [0.2, 0.25) is 0 Å². The largest absolute Gasteiger partial charge is 0.343 e. The van der Waals surface area contributed by atoms with Crippen LogP contribution in [0.1, 0.15) is 5.56 Å². The summed E-state index contributed by atoms with van der Waals surface area (Å²) in [6, 6.07) is 9.21. The summed E-state index contributed by atoms with van der Waals surface area (Å²) in [7, 11) is -3.54. The van der Waals surface area contributed by atoms with Gasteiger partial charge in [0.05, 0.1) is 6.54 Å². The lowest BCUT2D eigenvalue weighted by Gasteiger charge is -2.01. The van der Waals surface area contributed by atoms with Gasteiger partial charge in [0.2, 0.25) is 32.8 Å². The van der Waals surface area contributed by atoms with Crippen molar-refractivity contribution in [1.29, 1.82) is 0 Å². The van der Waals surface area contributed by atoms with E-state index in [-0.39, 0.29) is 17.6 Å². The number of carbonyl (C=O) groups excluding carboxylic acids is 2. The molecule has 1 heterocycles. The maximum absolute atomic E-state index is 11.7. The van der Waals surface area contributed by atoms with Crippen molar-refractivity contribution in [3.05, 3.63) is 42.0 Å². The van der Waals surface area contributed by atoms with E-state index in [1.54, 1.807) is 6.08 Å². The number of rotatable bonds is 6. The molecule has 0 radical (unpaired) electrons. The average Bonchev–Trinajstić information content (AvgIpc) is 3.00. The molecule has 2 aromatic rings. The third-order valence-electron chi connectivity index (χ3n) is 2.72. The first kappa shape index (κ1) is 17.3. The van der Waals surface area contributed by atoms with Gasteiger partial charge in [0, 0.05) is 12.3 Å². The fraction of sp³-hybridized carbons (Fsp3) is 0.143. The van der Waals surface area contributed by atoms with Crippen LogP contribution in [0.5, 0.6) is 0 Å². The SMILES string of the molecule is CS(=O)(=O)c1nc(NC(=O)CNC(=O)/C=C\c2ccccc2)n[nH]1. The topological polar surface area (TPSA) is 134 Å². The molecule has 0 unspecified atom stereocenters. The summed E-state index contributed by atoms with van der Waals surface area (Å²) in [4.78, 5) is 26.9. The lowest BCUT2D eigenvalue weighted by molar-refractivity contribution is -0.121. The molecule has 0 bridgehead atoms. The average molecular weight is 349 g/mol. The van der Waals surface area contributed by atoms with Gasteiger partial charge in [-0.05, 0) is 11.6 Å². The van der Waals surface area contributed by atoms with Crippen LogP contribution in [0.4, 0.5) is 5.95 Å². The Morgan fingerprint density at radius 1 is 1.25 bits per heavy atom. The Labute approximate surface area is 138 Å². The van der Waals surface area contributed by atoms with Gasteiger partial charge in [-0.2, -0.15) is 4.98 Å². The number of aromatic amines is 1. The number of nitrogens with one attached hydrogen (secondary N) is 3. The van der Waals surface area contributed by atoms with Gasteiger partial charge >= 0.3 is 0 Å². The quantitative estimate of drug-likeness (QED) is 0.627. The number of carbonyl (C=O) groups is 2. The Balaban J connectivity index is 1.81. The van der Waals surface area contributed by atoms with E-state index in [2.05, 4.69) is 25.8 Å². The van der Waals surface area contributed by atoms with Crippen LogP contribution < -0.4 is 10.6 Å². The van der Waals surface area contributed by atoms with E-state index in [1.165, 1.54) is 6.08 Å². The molecule has 126 valence electrons. The normalized spacial score (nSPS) is 11.4. The monoisotopic (exact) mass is 349 g/mol. The van der Waals surface area contributed by atoms with E-state index in [1.807, 2.05) is 30.3 Å². The number of hydrogen-bond acceptors (Lipinski definition) is 6. The van der Waals surface area contributed by atoms with Gasteiger partial charge in [-0.3, -0.25) is 14.9 Å². The van der Waals surface area contributed by atoms with Gasteiger partial charge in [-0.15, -0.1) is 5.10 Å². The highest BCUT2D eigenvalue weighted by atomic mass is 32.2. The van der Waals surface area contributed by atoms with Gasteiger partial charge in [-0.1, -0.05) is 30.3 Å². The first-order chi connectivity index (χ1) is 11.3. The molecule has 0 atom stereocenters. The molecule has 9 nitrogen and oxygen atoms in total. The third-order valence-corrected chi connectivity index (χ3v) is 3.60. The lowest BCUT2D eigenvalue weighted by atomic mass is 10.2. The van der Waals surface area contributed by atoms with Crippen molar-refractivity contribution in [2.45, 2.75) is 5.16 Å². The van der Waals surface area contributed by atoms with Crippen molar-refractivity contribution in [1.82, 2.24) is 20.5 Å². The molecule has 0 aliphatic heterocycles. The lowest BCUT2D eigenvalue weighted by Crippen LogP contribution is -2.32. The molecule has 2 rings (SSSR count). The molecule has 0 saturated carbocycles. The van der Waals surface area contributed by atoms with Crippen molar-refractivity contribution in [2.75, 3.05) is 18.1 Å². The highest BCUT2D eigenvalue weighted by Crippen LogP contribution is 2.04. The predicted octanol–water partition coefficient (Wildman–Crippen LogP) is -0.0237. The van der Waals surface area contributed by atoms with E-state index >= 15 is 0 Å². The molecule has 3 N–H and O–H groups in total. The molecule has 0 spiro atoms. The van der Waals surface area contributed by atoms with E-state index < -0.39 is 21.7 Å². The molecule has 0 aliphatic carbocycles. The minimum Gasteiger partial charge on any atom is -0.343 e. The highest BCUT2D eigenvalue weighted by molar-refractivity contribution is 7.90. The number of sulfone groups is 1. The van der Waals surface area contributed by atoms with Crippen LogP contribution in [0.25, 0.3) is 6.08 Å². The summed E-state index contributed by atoms with van der Waals surface area (Å²) < 4.78 is 22.4. The minimum absolute atomic E-state index is 0.186.